The molecule has 2 saturated heterocycles. The lowest BCUT2D eigenvalue weighted by atomic mass is 11.8. The molecule has 0 aromatic heterocycles. The van der Waals surface area contributed by atoms with Crippen LogP contribution in [0.1, 0.15) is 0 Å². The van der Waals surface area contributed by atoms with Crippen LogP contribution < -0.4 is 13.9 Å². The first-order valence-electron chi connectivity index (χ1n) is 15.2. The first-order chi connectivity index (χ1) is 16.6. The Hall–Kier alpha value is 1.89. The van der Waals surface area contributed by atoms with Crippen molar-refractivity contribution in [3.05, 3.63) is 0 Å². The Bertz CT molecular complexity index is 832. The van der Waals surface area contributed by atoms with Gasteiger partial charge in [0.15, 0.2) is 67.2 Å². The number of rotatable bonds is 10. The molecule has 0 aromatic carbocycles. The maximum Gasteiger partial charge on any atom is 0.180 e. The van der Waals surface area contributed by atoms with E-state index in [9.17, 15) is 0 Å². The summed E-state index contributed by atoms with van der Waals surface area (Å²) in [6, 6.07) is 0. The highest BCUT2D eigenvalue weighted by Gasteiger charge is 2.72. The van der Waals surface area contributed by atoms with Crippen molar-refractivity contribution < 1.29 is 0 Å². The fourth-order valence-electron chi connectivity index (χ4n) is 11.3. The second-order valence-corrected chi connectivity index (χ2v) is 65.6. The highest BCUT2D eigenvalue weighted by molar-refractivity contribution is 7.24. The van der Waals surface area contributed by atoms with E-state index in [1.807, 2.05) is 0 Å². The molecule has 2 aliphatic heterocycles. The summed E-state index contributed by atoms with van der Waals surface area (Å²) in [4.78, 5) is 0. The average molecular weight is 713 g/mol. The molecule has 2 heterocycles. The molecule has 39 heavy (non-hydrogen) atoms. The van der Waals surface area contributed by atoms with Gasteiger partial charge in [0.05, 0.1) is 0 Å². The maximum absolute atomic E-state index is 4.62. The largest absolute Gasteiger partial charge is 0.348 e. The third-order valence-corrected chi connectivity index (χ3v) is 77.3. The van der Waals surface area contributed by atoms with Gasteiger partial charge in [-0.15, -0.1) is 0 Å². The molecule has 2 aliphatic rings. The van der Waals surface area contributed by atoms with Crippen molar-refractivity contribution >= 4 is 83.6 Å². The maximum atomic E-state index is 4.62. The van der Waals surface area contributed by atoms with Gasteiger partial charge in [-0.3, -0.25) is 0 Å². The fraction of sp³-hybridized carbons (Fsp3) is 1.00. The van der Waals surface area contributed by atoms with Crippen LogP contribution in [-0.4, -0.2) is 99.2 Å². The van der Waals surface area contributed by atoms with Crippen LogP contribution in [0.15, 0.2) is 0 Å². The average Bonchev–Trinajstić information content (AvgIpc) is 2.40. The van der Waals surface area contributed by atoms with Crippen molar-refractivity contribution in [1.82, 2.24) is 29.5 Å². The minimum absolute atomic E-state index is 1.35. The number of nitrogens with one attached hydrogen (secondary N) is 3. The molecule has 0 aliphatic carbocycles. The molecule has 2 fully saturated rings. The van der Waals surface area contributed by atoms with Gasteiger partial charge in [-0.25, -0.2) is 0 Å². The standard InChI is InChI=1S/C22H69N7Si10/c1-30(2,3)23-32(7,8)26-36(15,16)28(37(26,17)18)34(11,12)25-35(13,14)29-38(19,20)27(39(29,21)22)33(9,10)24-31(4,5)6/h23-25H,1-22H3. The van der Waals surface area contributed by atoms with Crippen LogP contribution in [0, 0.1) is 0 Å². The Morgan fingerprint density at radius 1 is 0.308 bits per heavy atom. The van der Waals surface area contributed by atoms with Gasteiger partial charge >= 0.3 is 0 Å². The molecule has 232 valence electrons. The second kappa shape index (κ2) is 10.2. The van der Waals surface area contributed by atoms with Crippen molar-refractivity contribution in [2.24, 2.45) is 0 Å². The van der Waals surface area contributed by atoms with E-state index < -0.39 is 83.6 Å². The molecule has 0 amide bonds. The lowest BCUT2D eigenvalue weighted by Gasteiger charge is -2.78. The molecule has 3 N–H and O–H groups in total. The van der Waals surface area contributed by atoms with E-state index in [0.29, 0.717) is 0 Å². The minimum Gasteiger partial charge on any atom is -0.348 e. The smallest absolute Gasteiger partial charge is 0.180 e. The summed E-state index contributed by atoms with van der Waals surface area (Å²) in [7, 11) is -16.7. The van der Waals surface area contributed by atoms with E-state index in [1.54, 1.807) is 0 Å². The summed E-state index contributed by atoms with van der Waals surface area (Å²) in [5, 5.41) is 0. The summed E-state index contributed by atoms with van der Waals surface area (Å²) < 4.78 is 25.9. The lowest BCUT2D eigenvalue weighted by Crippen LogP contribution is -3.04. The van der Waals surface area contributed by atoms with Crippen LogP contribution in [0.5, 0.6) is 0 Å². The molecule has 2 rings (SSSR count). The topological polar surface area (TPSA) is 49.1 Å². The molecule has 0 bridgehead atoms. The van der Waals surface area contributed by atoms with Crippen LogP contribution in [-0.2, 0) is 0 Å². The Labute approximate surface area is 255 Å². The van der Waals surface area contributed by atoms with Crippen molar-refractivity contribution in [2.75, 3.05) is 0 Å². The quantitative estimate of drug-likeness (QED) is 0.231. The van der Waals surface area contributed by atoms with E-state index in [1.165, 1.54) is 0 Å². The molecule has 0 spiro atoms. The zero-order chi connectivity index (χ0) is 31.4. The number of hydrogen-bond donors (Lipinski definition) is 3. The van der Waals surface area contributed by atoms with Gasteiger partial charge in [0.2, 0.25) is 0 Å². The third kappa shape index (κ3) is 6.78. The summed E-state index contributed by atoms with van der Waals surface area (Å²) >= 11 is 0. The summed E-state index contributed by atoms with van der Waals surface area (Å²) in [5.74, 6) is 0. The van der Waals surface area contributed by atoms with Crippen LogP contribution in [0.25, 0.3) is 0 Å². The predicted molar refractivity (Wildman–Crippen MR) is 203 cm³/mol. The third-order valence-electron chi connectivity index (χ3n) is 8.59. The van der Waals surface area contributed by atoms with Crippen LogP contribution in [0.3, 0.4) is 0 Å². The minimum atomic E-state index is -1.86. The molecule has 0 saturated carbocycles. The highest BCUT2D eigenvalue weighted by Crippen LogP contribution is 2.48. The van der Waals surface area contributed by atoms with Gasteiger partial charge in [-0.2, -0.15) is 0 Å². The van der Waals surface area contributed by atoms with E-state index in [0.717, 1.165) is 0 Å². The highest BCUT2D eigenvalue weighted by atomic mass is 28.6. The molecule has 7 nitrogen and oxygen atoms in total. The summed E-state index contributed by atoms with van der Waals surface area (Å²) in [6.45, 7) is 57.2. The van der Waals surface area contributed by atoms with E-state index in [2.05, 4.69) is 174 Å². The van der Waals surface area contributed by atoms with Crippen LogP contribution in [0.4, 0.5) is 0 Å². The second-order valence-electron chi connectivity index (χ2n) is 18.4. The van der Waals surface area contributed by atoms with Gasteiger partial charge in [0, 0.05) is 0 Å². The summed E-state index contributed by atoms with van der Waals surface area (Å²) in [6.07, 6.45) is 0. The van der Waals surface area contributed by atoms with Gasteiger partial charge in [0.25, 0.3) is 0 Å². The molecule has 0 radical (unpaired) electrons. The van der Waals surface area contributed by atoms with E-state index in [-0.39, 0.29) is 0 Å². The Kier molecular flexibility index (Phi) is 9.70. The van der Waals surface area contributed by atoms with Gasteiger partial charge < -0.3 is 29.5 Å². The van der Waals surface area contributed by atoms with Crippen LogP contribution in [0.2, 0.25) is 144 Å². The Balaban J connectivity index is 2.41. The first kappa shape index (κ1) is 37.1. The lowest BCUT2D eigenvalue weighted by molar-refractivity contribution is 0.585. The Morgan fingerprint density at radius 2 is 0.462 bits per heavy atom. The van der Waals surface area contributed by atoms with Crippen molar-refractivity contribution in [1.29, 1.82) is 0 Å². The molecule has 0 aromatic rings. The molecular weight excluding hydrogens is 643 g/mol. The van der Waals surface area contributed by atoms with Gasteiger partial charge in [-0.05, 0) is 105 Å². The monoisotopic (exact) mass is 711 g/mol. The number of hydrogen-bond acceptors (Lipinski definition) is 7. The van der Waals surface area contributed by atoms with Gasteiger partial charge in [-0.1, -0.05) is 39.3 Å². The molecular formula is C22H69N7Si10. The molecule has 17 heteroatoms. The first-order valence-corrected chi connectivity index (χ1v) is 45.5. The van der Waals surface area contributed by atoms with Crippen LogP contribution >= 0.6 is 0 Å². The predicted octanol–water partition coefficient (Wildman–Crippen LogP) is 6.27. The van der Waals surface area contributed by atoms with Gasteiger partial charge in [0.1, 0.15) is 16.5 Å². The fourth-order valence-corrected chi connectivity index (χ4v) is 111. The SMILES string of the molecule is C[Si](C)(C)N[Si](C)(C)N1[Si](C)(C)N([Si](C)(C)N[Si](C)(C)N2[Si](C)(C)N([Si](C)(C)N[Si](C)(C)C)[Si]2(C)C)[Si]1(C)C. The molecule has 0 atom stereocenters. The van der Waals surface area contributed by atoms with E-state index in [4.69, 9.17) is 0 Å². The number of nitrogens with zero attached hydrogens (tertiary/aromatic N) is 4. The van der Waals surface area contributed by atoms with Crippen molar-refractivity contribution in [3.8, 4) is 0 Å². The summed E-state index contributed by atoms with van der Waals surface area (Å²) in [5.41, 5.74) is 0. The van der Waals surface area contributed by atoms with Crippen molar-refractivity contribution in [3.63, 3.8) is 0 Å². The Morgan fingerprint density at radius 3 is 0.615 bits per heavy atom. The van der Waals surface area contributed by atoms with E-state index >= 15 is 0 Å². The normalized spacial score (nSPS) is 25.4. The van der Waals surface area contributed by atoms with Crippen molar-refractivity contribution in [2.45, 2.75) is 144 Å². The molecule has 0 unspecified atom stereocenters. The zero-order valence-electron chi connectivity index (χ0n) is 30.3. The zero-order valence-corrected chi connectivity index (χ0v) is 40.3.